The van der Waals surface area contributed by atoms with Crippen molar-refractivity contribution in [1.82, 2.24) is 9.80 Å². The molecule has 0 radical (unpaired) electrons. The Labute approximate surface area is 184 Å². The lowest BCUT2D eigenvalue weighted by molar-refractivity contribution is -0.146. The van der Waals surface area contributed by atoms with Crippen molar-refractivity contribution >= 4 is 43.3 Å². The summed E-state index contributed by atoms with van der Waals surface area (Å²) in [4.78, 5) is 41.5. The molecule has 1 heterocycles. The largest absolute Gasteiger partial charge is 0.395 e. The van der Waals surface area contributed by atoms with Crippen LogP contribution in [0.4, 0.5) is 0 Å². The SMILES string of the molecule is CN(CCO)C(=O)C(Cc1ccc2sc3ccccc3c(=O)c2c1)C(=O)N(C)CCO. The zero-order valence-electron chi connectivity index (χ0n) is 17.6. The van der Waals surface area contributed by atoms with Crippen LogP contribution in [0.1, 0.15) is 5.56 Å². The minimum atomic E-state index is -1.01. The molecular weight excluding hydrogens is 416 g/mol. The molecule has 0 atom stereocenters. The number of carbonyl (C=O) groups is 2. The van der Waals surface area contributed by atoms with Gasteiger partial charge in [0.05, 0.1) is 13.2 Å². The number of rotatable bonds is 8. The topological polar surface area (TPSA) is 98.2 Å². The van der Waals surface area contributed by atoms with E-state index in [1.54, 1.807) is 12.1 Å². The molecule has 31 heavy (non-hydrogen) atoms. The number of nitrogens with zero attached hydrogens (tertiary/aromatic N) is 2. The number of fused-ring (bicyclic) bond motifs is 2. The summed E-state index contributed by atoms with van der Waals surface area (Å²) in [5.74, 6) is -1.83. The number of likely N-dealkylation sites (N-methyl/N-ethyl adjacent to an activating group) is 2. The van der Waals surface area contributed by atoms with Crippen molar-refractivity contribution in [2.75, 3.05) is 40.4 Å². The third-order valence-corrected chi connectivity index (χ3v) is 6.45. The van der Waals surface area contributed by atoms with Gasteiger partial charge in [-0.1, -0.05) is 18.2 Å². The Kier molecular flexibility index (Phi) is 7.37. The van der Waals surface area contributed by atoms with E-state index in [4.69, 9.17) is 10.2 Å². The summed E-state index contributed by atoms with van der Waals surface area (Å²) in [7, 11) is 3.07. The molecule has 1 aromatic heterocycles. The van der Waals surface area contributed by atoms with E-state index in [2.05, 4.69) is 0 Å². The number of hydrogen-bond donors (Lipinski definition) is 2. The summed E-state index contributed by atoms with van der Waals surface area (Å²) in [6, 6.07) is 12.9. The second-order valence-corrected chi connectivity index (χ2v) is 8.57. The Morgan fingerprint density at radius 2 is 1.48 bits per heavy atom. The summed E-state index contributed by atoms with van der Waals surface area (Å²) >= 11 is 1.52. The molecule has 0 aliphatic rings. The van der Waals surface area contributed by atoms with Crippen molar-refractivity contribution in [3.63, 3.8) is 0 Å². The fourth-order valence-corrected chi connectivity index (χ4v) is 4.60. The fraction of sp³-hybridized carbons (Fsp3) is 0.348. The van der Waals surface area contributed by atoms with Crippen LogP contribution >= 0.6 is 11.3 Å². The molecule has 2 amide bonds. The first-order valence-corrected chi connectivity index (χ1v) is 10.8. The van der Waals surface area contributed by atoms with Gasteiger partial charge in [0.15, 0.2) is 5.43 Å². The molecular formula is C23H26N2O5S. The second-order valence-electron chi connectivity index (χ2n) is 7.48. The molecule has 164 valence electrons. The summed E-state index contributed by atoms with van der Waals surface area (Å²) in [6.07, 6.45) is 0.121. The van der Waals surface area contributed by atoms with Gasteiger partial charge in [-0.15, -0.1) is 11.3 Å². The first kappa shape index (κ1) is 22.9. The lowest BCUT2D eigenvalue weighted by atomic mass is 9.95. The van der Waals surface area contributed by atoms with Gasteiger partial charge in [-0.25, -0.2) is 0 Å². The van der Waals surface area contributed by atoms with E-state index in [0.29, 0.717) is 16.3 Å². The molecule has 0 aliphatic carbocycles. The molecule has 0 fully saturated rings. The Bertz CT molecular complexity index is 1140. The molecule has 3 aromatic rings. The van der Waals surface area contributed by atoms with Gasteiger partial charge in [0, 0.05) is 47.4 Å². The highest BCUT2D eigenvalue weighted by Gasteiger charge is 2.31. The van der Waals surface area contributed by atoms with E-state index in [9.17, 15) is 14.4 Å². The molecule has 7 nitrogen and oxygen atoms in total. The zero-order chi connectivity index (χ0) is 22.5. The highest BCUT2D eigenvalue weighted by molar-refractivity contribution is 7.24. The summed E-state index contributed by atoms with van der Waals surface area (Å²) in [5, 5.41) is 19.5. The van der Waals surface area contributed by atoms with Crippen LogP contribution in [-0.2, 0) is 16.0 Å². The van der Waals surface area contributed by atoms with Gasteiger partial charge in [0.1, 0.15) is 5.92 Å². The van der Waals surface area contributed by atoms with E-state index in [1.807, 2.05) is 30.3 Å². The number of aliphatic hydroxyl groups is 2. The van der Waals surface area contributed by atoms with Crippen LogP contribution in [0.25, 0.3) is 20.2 Å². The van der Waals surface area contributed by atoms with Gasteiger partial charge in [-0.2, -0.15) is 0 Å². The molecule has 2 N–H and O–H groups in total. The van der Waals surface area contributed by atoms with Crippen molar-refractivity contribution in [2.45, 2.75) is 6.42 Å². The Hall–Kier alpha value is -2.81. The fourth-order valence-electron chi connectivity index (χ4n) is 3.55. The molecule has 0 spiro atoms. The van der Waals surface area contributed by atoms with Crippen LogP contribution < -0.4 is 5.43 Å². The molecule has 0 unspecified atom stereocenters. The zero-order valence-corrected chi connectivity index (χ0v) is 18.4. The number of carbonyl (C=O) groups excluding carboxylic acids is 2. The highest BCUT2D eigenvalue weighted by atomic mass is 32.1. The average molecular weight is 443 g/mol. The average Bonchev–Trinajstić information content (AvgIpc) is 2.77. The second kappa shape index (κ2) is 10.00. The standard InChI is InChI=1S/C23H26N2O5S/c1-24(9-11-26)22(29)18(23(30)25(2)10-12-27)14-15-7-8-20-17(13-15)21(28)16-5-3-4-6-19(16)31-20/h3-8,13,18,26-27H,9-12,14H2,1-2H3. The van der Waals surface area contributed by atoms with Crippen LogP contribution in [0.5, 0.6) is 0 Å². The van der Waals surface area contributed by atoms with Crippen LogP contribution in [0, 0.1) is 5.92 Å². The van der Waals surface area contributed by atoms with E-state index in [-0.39, 0.29) is 38.2 Å². The van der Waals surface area contributed by atoms with E-state index < -0.39 is 17.7 Å². The van der Waals surface area contributed by atoms with Crippen molar-refractivity contribution in [3.05, 3.63) is 58.3 Å². The van der Waals surface area contributed by atoms with Crippen LogP contribution in [-0.4, -0.2) is 72.2 Å². The van der Waals surface area contributed by atoms with Crippen LogP contribution in [0.15, 0.2) is 47.3 Å². The van der Waals surface area contributed by atoms with Crippen LogP contribution in [0.2, 0.25) is 0 Å². The molecule has 8 heteroatoms. The predicted octanol–water partition coefficient (Wildman–Crippen LogP) is 1.47. The minimum Gasteiger partial charge on any atom is -0.395 e. The monoisotopic (exact) mass is 442 g/mol. The lowest BCUT2D eigenvalue weighted by Crippen LogP contribution is -2.45. The third kappa shape index (κ3) is 4.92. The van der Waals surface area contributed by atoms with Crippen molar-refractivity contribution < 1.29 is 19.8 Å². The Morgan fingerprint density at radius 1 is 0.903 bits per heavy atom. The van der Waals surface area contributed by atoms with Gasteiger partial charge in [0.25, 0.3) is 0 Å². The summed E-state index contributed by atoms with van der Waals surface area (Å²) < 4.78 is 1.75. The molecule has 0 bridgehead atoms. The van der Waals surface area contributed by atoms with E-state index >= 15 is 0 Å². The van der Waals surface area contributed by atoms with Gasteiger partial charge in [0.2, 0.25) is 11.8 Å². The number of benzene rings is 2. The van der Waals surface area contributed by atoms with E-state index in [1.165, 1.54) is 35.2 Å². The minimum absolute atomic E-state index is 0.0739. The Balaban J connectivity index is 2.00. The maximum atomic E-state index is 13.0. The van der Waals surface area contributed by atoms with Gasteiger partial charge in [-0.05, 0) is 36.2 Å². The number of aliphatic hydroxyl groups excluding tert-OH is 2. The highest BCUT2D eigenvalue weighted by Crippen LogP contribution is 2.26. The lowest BCUT2D eigenvalue weighted by Gasteiger charge is -2.26. The summed E-state index contributed by atoms with van der Waals surface area (Å²) in [5.41, 5.74) is 0.628. The third-order valence-electron chi connectivity index (χ3n) is 5.30. The molecule has 0 saturated heterocycles. The molecule has 2 aromatic carbocycles. The van der Waals surface area contributed by atoms with Gasteiger partial charge < -0.3 is 20.0 Å². The van der Waals surface area contributed by atoms with Gasteiger partial charge in [-0.3, -0.25) is 14.4 Å². The van der Waals surface area contributed by atoms with Crippen molar-refractivity contribution in [2.24, 2.45) is 5.92 Å². The molecule has 3 rings (SSSR count). The first-order chi connectivity index (χ1) is 14.9. The maximum Gasteiger partial charge on any atom is 0.235 e. The van der Waals surface area contributed by atoms with Crippen molar-refractivity contribution in [3.8, 4) is 0 Å². The molecule has 0 aliphatic heterocycles. The molecule has 0 saturated carbocycles. The Morgan fingerprint density at radius 3 is 2.10 bits per heavy atom. The number of amides is 2. The van der Waals surface area contributed by atoms with E-state index in [0.717, 1.165) is 9.40 Å². The first-order valence-electron chi connectivity index (χ1n) is 10.0. The van der Waals surface area contributed by atoms with Crippen molar-refractivity contribution in [1.29, 1.82) is 0 Å². The number of hydrogen-bond acceptors (Lipinski definition) is 6. The quantitative estimate of drug-likeness (QED) is 0.407. The van der Waals surface area contributed by atoms with Gasteiger partial charge >= 0.3 is 0 Å². The predicted molar refractivity (Wildman–Crippen MR) is 122 cm³/mol. The summed E-state index contributed by atoms with van der Waals surface area (Å²) in [6.45, 7) is -0.190. The maximum absolute atomic E-state index is 13.0. The normalized spacial score (nSPS) is 11.3. The van der Waals surface area contributed by atoms with Crippen LogP contribution in [0.3, 0.4) is 0 Å². The smallest absolute Gasteiger partial charge is 0.235 e.